The van der Waals surface area contributed by atoms with Crippen LogP contribution in [0.2, 0.25) is 0 Å². The van der Waals surface area contributed by atoms with Crippen molar-refractivity contribution in [2.24, 2.45) is 11.8 Å². The minimum Gasteiger partial charge on any atom is -0.323 e. The third-order valence-corrected chi connectivity index (χ3v) is 5.58. The van der Waals surface area contributed by atoms with Gasteiger partial charge in [-0.2, -0.15) is 0 Å². The van der Waals surface area contributed by atoms with E-state index in [0.29, 0.717) is 5.56 Å². The van der Waals surface area contributed by atoms with Crippen molar-refractivity contribution in [3.8, 4) is 0 Å². The first-order chi connectivity index (χ1) is 11.4. The van der Waals surface area contributed by atoms with Crippen molar-refractivity contribution in [3.05, 3.63) is 34.9 Å². The molecule has 1 heterocycles. The number of carbonyl (C=O) groups is 3. The molecule has 5 nitrogen and oxygen atoms in total. The summed E-state index contributed by atoms with van der Waals surface area (Å²) in [6, 6.07) is 5.19. The minimum absolute atomic E-state index is 0.171. The average Bonchev–Trinajstić information content (AvgIpc) is 3.42. The fourth-order valence-electron chi connectivity index (χ4n) is 4.08. The van der Waals surface area contributed by atoms with Crippen LogP contribution in [0.5, 0.6) is 0 Å². The largest absolute Gasteiger partial charge is 0.325 e. The van der Waals surface area contributed by atoms with Gasteiger partial charge in [0.1, 0.15) is 5.54 Å². The van der Waals surface area contributed by atoms with Gasteiger partial charge in [-0.05, 0) is 56.9 Å². The number of carbonyl (C=O) groups excluding carboxylic acids is 3. The van der Waals surface area contributed by atoms with Crippen molar-refractivity contribution in [1.82, 2.24) is 10.2 Å². The Hall–Kier alpha value is -2.17. The number of amides is 3. The highest BCUT2D eigenvalue weighted by atomic mass is 16.2. The summed E-state index contributed by atoms with van der Waals surface area (Å²) in [5.74, 6) is 0.138. The maximum atomic E-state index is 13.0. The first-order valence-corrected chi connectivity index (χ1v) is 8.68. The molecule has 5 heteroatoms. The molecule has 126 valence electrons. The lowest BCUT2D eigenvalue weighted by atomic mass is 9.87. The van der Waals surface area contributed by atoms with Gasteiger partial charge in [0.15, 0.2) is 5.78 Å². The van der Waals surface area contributed by atoms with E-state index < -0.39 is 11.6 Å². The molecule has 0 aromatic heterocycles. The molecule has 1 aromatic carbocycles. The maximum absolute atomic E-state index is 13.0. The number of benzene rings is 1. The molecule has 2 saturated carbocycles. The van der Waals surface area contributed by atoms with Gasteiger partial charge in [0.05, 0.1) is 6.54 Å². The van der Waals surface area contributed by atoms with E-state index >= 15 is 0 Å². The van der Waals surface area contributed by atoms with E-state index in [2.05, 4.69) is 5.32 Å². The first kappa shape index (κ1) is 15.4. The Morgan fingerprint density at radius 2 is 1.79 bits per heavy atom. The Morgan fingerprint density at radius 3 is 2.33 bits per heavy atom. The second-order valence-corrected chi connectivity index (χ2v) is 7.48. The second kappa shape index (κ2) is 5.16. The number of hydrogen-bond acceptors (Lipinski definition) is 3. The normalized spacial score (nSPS) is 22.7. The van der Waals surface area contributed by atoms with Crippen LogP contribution in [0.25, 0.3) is 0 Å². The van der Waals surface area contributed by atoms with Gasteiger partial charge in [-0.15, -0.1) is 0 Å². The predicted octanol–water partition coefficient (Wildman–Crippen LogP) is 2.60. The lowest BCUT2D eigenvalue weighted by molar-refractivity contribution is -0.132. The van der Waals surface area contributed by atoms with Crippen molar-refractivity contribution in [1.29, 1.82) is 0 Å². The van der Waals surface area contributed by atoms with Crippen molar-refractivity contribution >= 4 is 17.7 Å². The molecule has 0 unspecified atom stereocenters. The highest BCUT2D eigenvalue weighted by molar-refractivity contribution is 6.12. The average molecular weight is 326 g/mol. The van der Waals surface area contributed by atoms with E-state index in [1.807, 2.05) is 26.0 Å². The van der Waals surface area contributed by atoms with E-state index in [9.17, 15) is 14.4 Å². The van der Waals surface area contributed by atoms with Gasteiger partial charge in [-0.1, -0.05) is 23.8 Å². The molecule has 24 heavy (non-hydrogen) atoms. The molecule has 4 rings (SSSR count). The first-order valence-electron chi connectivity index (χ1n) is 8.68. The molecule has 3 fully saturated rings. The molecule has 1 N–H and O–H groups in total. The molecule has 1 aliphatic heterocycles. The highest BCUT2D eigenvalue weighted by Gasteiger charge is 2.65. The van der Waals surface area contributed by atoms with Crippen molar-refractivity contribution in [2.75, 3.05) is 6.54 Å². The SMILES string of the molecule is Cc1ccc(C(=O)CN2C(=O)NC(C3CC3)(C3CC3)C2=O)c(C)c1. The standard InChI is InChI=1S/C19H22N2O3/c1-11-3-8-15(12(2)9-11)16(22)10-21-17(23)19(13-4-5-13,14-6-7-14)20-18(21)24/h3,8-9,13-14H,4-7,10H2,1-2H3,(H,20,24). The van der Waals surface area contributed by atoms with Crippen LogP contribution < -0.4 is 5.32 Å². The topological polar surface area (TPSA) is 66.5 Å². The van der Waals surface area contributed by atoms with E-state index in [0.717, 1.165) is 41.7 Å². The molecular formula is C19H22N2O3. The molecule has 0 radical (unpaired) electrons. The number of hydrogen-bond donors (Lipinski definition) is 1. The number of urea groups is 1. The summed E-state index contributed by atoms with van der Waals surface area (Å²) >= 11 is 0. The lowest BCUT2D eigenvalue weighted by Gasteiger charge is -2.26. The third kappa shape index (κ3) is 2.26. The molecule has 1 aromatic rings. The van der Waals surface area contributed by atoms with Gasteiger partial charge in [-0.25, -0.2) is 4.79 Å². The van der Waals surface area contributed by atoms with Crippen LogP contribution >= 0.6 is 0 Å². The molecule has 0 bridgehead atoms. The van der Waals surface area contributed by atoms with E-state index in [-0.39, 0.29) is 30.1 Å². The summed E-state index contributed by atoms with van der Waals surface area (Å²) in [5, 5.41) is 2.96. The Balaban J connectivity index is 1.57. The monoisotopic (exact) mass is 326 g/mol. The number of nitrogens with one attached hydrogen (secondary N) is 1. The molecule has 0 spiro atoms. The van der Waals surface area contributed by atoms with Gasteiger partial charge < -0.3 is 5.32 Å². The number of Topliss-reactive ketones (excluding diaryl/α,β-unsaturated/α-hetero) is 1. The van der Waals surface area contributed by atoms with Gasteiger partial charge in [0.2, 0.25) is 0 Å². The molecule has 3 aliphatic rings. The van der Waals surface area contributed by atoms with Gasteiger partial charge in [-0.3, -0.25) is 14.5 Å². The summed E-state index contributed by atoms with van der Waals surface area (Å²) in [6.07, 6.45) is 3.95. The Kier molecular flexibility index (Phi) is 3.31. The van der Waals surface area contributed by atoms with E-state index in [1.165, 1.54) is 0 Å². The van der Waals surface area contributed by atoms with Gasteiger partial charge in [0, 0.05) is 5.56 Å². The quantitative estimate of drug-likeness (QED) is 0.668. The van der Waals surface area contributed by atoms with Crippen LogP contribution in [0, 0.1) is 25.7 Å². The predicted molar refractivity (Wildman–Crippen MR) is 88.7 cm³/mol. The van der Waals surface area contributed by atoms with Crippen molar-refractivity contribution in [2.45, 2.75) is 45.1 Å². The van der Waals surface area contributed by atoms with Crippen LogP contribution in [-0.4, -0.2) is 34.7 Å². The zero-order valence-electron chi connectivity index (χ0n) is 14.1. The summed E-state index contributed by atoms with van der Waals surface area (Å²) in [5.41, 5.74) is 1.82. The summed E-state index contributed by atoms with van der Waals surface area (Å²) < 4.78 is 0. The smallest absolute Gasteiger partial charge is 0.323 e. The van der Waals surface area contributed by atoms with E-state index in [4.69, 9.17) is 0 Å². The van der Waals surface area contributed by atoms with Gasteiger partial charge >= 0.3 is 6.03 Å². The number of ketones is 1. The number of aryl methyl sites for hydroxylation is 2. The molecule has 0 atom stereocenters. The minimum atomic E-state index is -0.723. The molecule has 2 aliphatic carbocycles. The zero-order valence-corrected chi connectivity index (χ0v) is 14.1. The zero-order chi connectivity index (χ0) is 17.1. The second-order valence-electron chi connectivity index (χ2n) is 7.48. The van der Waals surface area contributed by atoms with Crippen molar-refractivity contribution < 1.29 is 14.4 Å². The fourth-order valence-corrected chi connectivity index (χ4v) is 4.08. The summed E-state index contributed by atoms with van der Waals surface area (Å²) in [4.78, 5) is 39.2. The number of rotatable bonds is 5. The van der Waals surface area contributed by atoms with Crippen LogP contribution in [-0.2, 0) is 4.79 Å². The Bertz CT molecular complexity index is 735. The third-order valence-electron chi connectivity index (χ3n) is 5.58. The summed E-state index contributed by atoms with van der Waals surface area (Å²) in [6.45, 7) is 3.68. The van der Waals surface area contributed by atoms with Gasteiger partial charge in [0.25, 0.3) is 5.91 Å². The molecule has 3 amide bonds. The lowest BCUT2D eigenvalue weighted by Crippen LogP contribution is -2.51. The van der Waals surface area contributed by atoms with E-state index in [1.54, 1.807) is 6.07 Å². The van der Waals surface area contributed by atoms with Crippen LogP contribution in [0.15, 0.2) is 18.2 Å². The van der Waals surface area contributed by atoms with Crippen LogP contribution in [0.4, 0.5) is 4.79 Å². The highest BCUT2D eigenvalue weighted by Crippen LogP contribution is 2.54. The van der Waals surface area contributed by atoms with Crippen LogP contribution in [0.1, 0.15) is 47.2 Å². The Morgan fingerprint density at radius 1 is 1.17 bits per heavy atom. The molecule has 1 saturated heterocycles. The maximum Gasteiger partial charge on any atom is 0.325 e. The summed E-state index contributed by atoms with van der Waals surface area (Å²) in [7, 11) is 0. The fraction of sp³-hybridized carbons (Fsp3) is 0.526. The van der Waals surface area contributed by atoms with Crippen LogP contribution in [0.3, 0.4) is 0 Å². The van der Waals surface area contributed by atoms with Crippen molar-refractivity contribution in [3.63, 3.8) is 0 Å². The number of imide groups is 1. The Labute approximate surface area is 141 Å². The molecular weight excluding hydrogens is 304 g/mol. The number of nitrogens with zero attached hydrogens (tertiary/aromatic N) is 1.